The normalized spacial score (nSPS) is 14.2. The maximum Gasteiger partial charge on any atom is 0.265 e. The lowest BCUT2D eigenvalue weighted by Crippen LogP contribution is -2.36. The Morgan fingerprint density at radius 3 is 2.22 bits per heavy atom. The molecule has 0 atom stereocenters. The van der Waals surface area contributed by atoms with Crippen LogP contribution in [-0.4, -0.2) is 54.5 Å². The maximum atomic E-state index is 11.3. The Bertz CT molecular complexity index is 1890. The van der Waals surface area contributed by atoms with Gasteiger partial charge in [-0.2, -0.15) is 21.4 Å². The van der Waals surface area contributed by atoms with Gasteiger partial charge in [-0.15, -0.1) is 0 Å². The molecule has 2 aromatic carbocycles. The number of allylic oxidation sites excluding steroid dienone is 2. The number of halogens is 2. The first-order valence-electron chi connectivity index (χ1n) is 13.9. The Hall–Kier alpha value is -2.53. The van der Waals surface area contributed by atoms with Crippen LogP contribution in [0.2, 0.25) is 10.0 Å². The number of fused-ring (bicyclic) bond motifs is 2. The van der Waals surface area contributed by atoms with Crippen molar-refractivity contribution in [3.05, 3.63) is 98.7 Å². The molecule has 16 heteroatoms. The molecule has 0 aliphatic carbocycles. The van der Waals surface area contributed by atoms with E-state index in [2.05, 4.69) is 4.98 Å². The van der Waals surface area contributed by atoms with Gasteiger partial charge in [0.2, 0.25) is 5.52 Å². The highest BCUT2D eigenvalue weighted by Gasteiger charge is 2.26. The van der Waals surface area contributed by atoms with Crippen molar-refractivity contribution in [3.8, 4) is 0 Å². The van der Waals surface area contributed by atoms with Crippen molar-refractivity contribution in [3.63, 3.8) is 0 Å². The highest BCUT2D eigenvalue weighted by molar-refractivity contribution is 8.03. The molecule has 3 N–H and O–H groups in total. The van der Waals surface area contributed by atoms with E-state index < -0.39 is 20.2 Å². The molecule has 0 saturated carbocycles. The molecule has 2 aromatic heterocycles. The number of thiazole rings is 1. The smallest absolute Gasteiger partial charge is 0.265 e. The molecule has 1 aliphatic rings. The second-order valence-electron chi connectivity index (χ2n) is 9.93. The summed E-state index contributed by atoms with van der Waals surface area (Å²) in [6, 6.07) is 16.9. The van der Waals surface area contributed by atoms with Crippen molar-refractivity contribution in [2.45, 2.75) is 37.6 Å². The molecule has 248 valence electrons. The first-order chi connectivity index (χ1) is 21.3. The predicted molar refractivity (Wildman–Crippen MR) is 186 cm³/mol. The number of benzene rings is 2. The molecule has 3 heterocycles. The minimum atomic E-state index is -4.08. The van der Waals surface area contributed by atoms with E-state index in [0.717, 1.165) is 36.4 Å². The Balaban J connectivity index is 0.000000738. The van der Waals surface area contributed by atoms with Crippen LogP contribution in [0.1, 0.15) is 31.2 Å². The molecular formula is C30H33Cl2N3O7S4. The van der Waals surface area contributed by atoms with E-state index in [9.17, 15) is 25.9 Å². The van der Waals surface area contributed by atoms with Crippen molar-refractivity contribution < 1.29 is 36.0 Å². The lowest BCUT2D eigenvalue weighted by atomic mass is 10.2. The van der Waals surface area contributed by atoms with E-state index in [1.165, 1.54) is 0 Å². The van der Waals surface area contributed by atoms with Crippen LogP contribution in [-0.2, 0) is 26.8 Å². The molecular weight excluding hydrogens is 714 g/mol. The van der Waals surface area contributed by atoms with Crippen LogP contribution in [0.4, 0.5) is 5.69 Å². The first kappa shape index (κ1) is 37.9. The van der Waals surface area contributed by atoms with E-state index in [4.69, 9.17) is 23.2 Å². The zero-order valence-corrected chi connectivity index (χ0v) is 29.4. The summed E-state index contributed by atoms with van der Waals surface area (Å²) in [7, 11) is -8.16. The third-order valence-electron chi connectivity index (χ3n) is 6.55. The number of hydrogen-bond donors (Lipinski definition) is 2. The third kappa shape index (κ3) is 11.3. The van der Waals surface area contributed by atoms with Gasteiger partial charge < -0.3 is 10.4 Å². The highest BCUT2D eigenvalue weighted by Crippen LogP contribution is 2.47. The fourth-order valence-corrected chi connectivity index (χ4v) is 8.12. The standard InChI is InChI=1S/C25H26Cl2N2O6S4.C5H5N.H2O/c1-2-17(13-24-28(9-3-11-38(30,31)32)20-15-18(26)5-7-22(20)36-24)14-25-29(10-4-12-39(33,34)35)21-16-19(27)6-8-23(21)37-25;1-2-4-6-5-3-1;/h5-8,13-16H,2-4,9-12H2,1H3,(H-,30,31,32,33,34,35);1-5H;1H2. The minimum absolute atomic E-state index is 0. The number of rotatable bonds is 11. The number of pyridine rings is 1. The van der Waals surface area contributed by atoms with Gasteiger partial charge in [0.15, 0.2) is 6.54 Å². The molecule has 0 unspecified atom stereocenters. The van der Waals surface area contributed by atoms with Crippen molar-refractivity contribution in [1.29, 1.82) is 0 Å². The SMILES string of the molecule is CCC(=Cc1sc2ccc(Cl)cc2[n+]1CCCS(=O)(=O)O)C=C1Sc2ccc(Cl)cc2N1CCCS(=O)(=O)O.[OH-].c1ccncc1. The van der Waals surface area contributed by atoms with Gasteiger partial charge in [0.1, 0.15) is 4.70 Å². The van der Waals surface area contributed by atoms with Crippen LogP contribution >= 0.6 is 46.3 Å². The number of anilines is 1. The summed E-state index contributed by atoms with van der Waals surface area (Å²) in [5.41, 5.74) is 2.75. The molecule has 0 amide bonds. The molecule has 0 saturated heterocycles. The van der Waals surface area contributed by atoms with Gasteiger partial charge in [-0.3, -0.25) is 14.1 Å². The summed E-state index contributed by atoms with van der Waals surface area (Å²) >= 11 is 15.6. The van der Waals surface area contributed by atoms with Gasteiger partial charge in [0.05, 0.1) is 22.2 Å². The number of hydrogen-bond acceptors (Lipinski definition) is 9. The van der Waals surface area contributed by atoms with Crippen LogP contribution < -0.4 is 9.47 Å². The van der Waals surface area contributed by atoms with Crippen LogP contribution in [0.25, 0.3) is 16.3 Å². The van der Waals surface area contributed by atoms with E-state index in [-0.39, 0.29) is 29.8 Å². The quantitative estimate of drug-likeness (QED) is 0.119. The van der Waals surface area contributed by atoms with Gasteiger partial charge in [0, 0.05) is 52.4 Å². The molecule has 46 heavy (non-hydrogen) atoms. The van der Waals surface area contributed by atoms with Crippen molar-refractivity contribution in [2.75, 3.05) is 23.0 Å². The Kier molecular flexibility index (Phi) is 14.0. The van der Waals surface area contributed by atoms with Crippen molar-refractivity contribution >= 4 is 88.5 Å². The van der Waals surface area contributed by atoms with E-state index in [1.54, 1.807) is 47.6 Å². The van der Waals surface area contributed by atoms with E-state index >= 15 is 0 Å². The molecule has 1 aliphatic heterocycles. The molecule has 4 aromatic rings. The van der Waals surface area contributed by atoms with Crippen molar-refractivity contribution in [2.24, 2.45) is 0 Å². The number of thioether (sulfide) groups is 1. The summed E-state index contributed by atoms with van der Waals surface area (Å²) in [6.45, 7) is 2.78. The topological polar surface area (TPSA) is 159 Å². The Morgan fingerprint density at radius 1 is 0.957 bits per heavy atom. The Morgan fingerprint density at radius 2 is 1.61 bits per heavy atom. The van der Waals surface area contributed by atoms with Gasteiger partial charge in [-0.25, -0.2) is 0 Å². The average Bonchev–Trinajstić information content (AvgIpc) is 3.49. The summed E-state index contributed by atoms with van der Waals surface area (Å²) in [5, 5.41) is 2.93. The second-order valence-corrected chi connectivity index (χ2v) is 16.1. The van der Waals surface area contributed by atoms with Gasteiger partial charge in [0.25, 0.3) is 25.2 Å². The predicted octanol–water partition coefficient (Wildman–Crippen LogP) is 7.20. The average molecular weight is 747 g/mol. The Labute approximate surface area is 287 Å². The first-order valence-corrected chi connectivity index (χ1v) is 19.5. The lowest BCUT2D eigenvalue weighted by molar-refractivity contribution is -0.668. The summed E-state index contributed by atoms with van der Waals surface area (Å²) in [5.74, 6) is -0.691. The van der Waals surface area contributed by atoms with Crippen molar-refractivity contribution in [1.82, 2.24) is 4.98 Å². The summed E-state index contributed by atoms with van der Waals surface area (Å²) in [6.07, 6.45) is 8.76. The largest absolute Gasteiger partial charge is 0.870 e. The molecule has 0 fully saturated rings. The third-order valence-corrected chi connectivity index (χ3v) is 10.8. The van der Waals surface area contributed by atoms with E-state index in [1.807, 2.05) is 71.0 Å². The number of aromatic nitrogens is 2. The number of aryl methyl sites for hydroxylation is 1. The molecule has 5 rings (SSSR count). The molecule has 10 nitrogen and oxygen atoms in total. The fourth-order valence-electron chi connectivity index (χ4n) is 4.51. The van der Waals surface area contributed by atoms with Crippen LogP contribution in [0.3, 0.4) is 0 Å². The summed E-state index contributed by atoms with van der Waals surface area (Å²) in [4.78, 5) is 6.78. The van der Waals surface area contributed by atoms with Crippen LogP contribution in [0.15, 0.2) is 88.6 Å². The minimum Gasteiger partial charge on any atom is -0.870 e. The lowest BCUT2D eigenvalue weighted by Gasteiger charge is -2.20. The van der Waals surface area contributed by atoms with Gasteiger partial charge >= 0.3 is 0 Å². The highest BCUT2D eigenvalue weighted by atomic mass is 35.5. The zero-order chi connectivity index (χ0) is 32.6. The van der Waals surface area contributed by atoms with Gasteiger partial charge in [-0.05, 0) is 67.0 Å². The van der Waals surface area contributed by atoms with Gasteiger partial charge in [-0.1, -0.05) is 59.3 Å². The summed E-state index contributed by atoms with van der Waals surface area (Å²) < 4.78 is 66.6. The second kappa shape index (κ2) is 17.0. The van der Waals surface area contributed by atoms with E-state index in [0.29, 0.717) is 29.6 Å². The fraction of sp³-hybridized carbons (Fsp3) is 0.267. The van der Waals surface area contributed by atoms with Crippen LogP contribution in [0, 0.1) is 0 Å². The molecule has 0 spiro atoms. The molecule has 0 bridgehead atoms. The maximum absolute atomic E-state index is 11.3. The number of nitrogens with zero attached hydrogens (tertiary/aromatic N) is 3. The van der Waals surface area contributed by atoms with Crippen LogP contribution in [0.5, 0.6) is 0 Å². The monoisotopic (exact) mass is 745 g/mol. The molecule has 0 radical (unpaired) electrons. The zero-order valence-electron chi connectivity index (χ0n) is 24.7.